The molecular weight excluding hydrogens is 324 g/mol. The molecule has 1 N–H and O–H groups in total. The molecule has 1 saturated heterocycles. The van der Waals surface area contributed by atoms with Crippen LogP contribution in [0.5, 0.6) is 0 Å². The van der Waals surface area contributed by atoms with Crippen molar-refractivity contribution in [1.82, 2.24) is 4.90 Å². The second-order valence-corrected chi connectivity index (χ2v) is 7.19. The molecule has 0 bridgehead atoms. The van der Waals surface area contributed by atoms with Gasteiger partial charge in [-0.15, -0.1) is 0 Å². The first kappa shape index (κ1) is 18.3. The Morgan fingerprint density at radius 2 is 1.92 bits per heavy atom. The number of hydrogen-bond acceptors (Lipinski definition) is 3. The molecule has 1 fully saturated rings. The molecule has 1 atom stereocenters. The van der Waals surface area contributed by atoms with Crippen LogP contribution in [0, 0.1) is 12.8 Å². The molecule has 1 aliphatic heterocycles. The minimum Gasteiger partial charge on any atom is -0.326 e. The molecule has 2 aromatic carbocycles. The molecule has 26 heavy (non-hydrogen) atoms. The van der Waals surface area contributed by atoms with E-state index in [0.29, 0.717) is 11.3 Å². The van der Waals surface area contributed by atoms with Crippen LogP contribution in [0.3, 0.4) is 0 Å². The van der Waals surface area contributed by atoms with Gasteiger partial charge in [-0.2, -0.15) is 0 Å². The smallest absolute Gasteiger partial charge is 0.228 e. The highest BCUT2D eigenvalue weighted by atomic mass is 16.2. The van der Waals surface area contributed by atoms with E-state index in [0.717, 1.165) is 32.5 Å². The summed E-state index contributed by atoms with van der Waals surface area (Å²) in [5, 5.41) is 2.98. The summed E-state index contributed by atoms with van der Waals surface area (Å²) in [4.78, 5) is 26.5. The van der Waals surface area contributed by atoms with Crippen molar-refractivity contribution in [3.63, 3.8) is 0 Å². The fraction of sp³-hybridized carbons (Fsp3) is 0.364. The first-order chi connectivity index (χ1) is 12.5. The molecule has 0 spiro atoms. The Morgan fingerprint density at radius 1 is 1.15 bits per heavy atom. The van der Waals surface area contributed by atoms with E-state index < -0.39 is 0 Å². The largest absolute Gasteiger partial charge is 0.326 e. The fourth-order valence-electron chi connectivity index (χ4n) is 3.43. The summed E-state index contributed by atoms with van der Waals surface area (Å²) < 4.78 is 0. The minimum atomic E-state index is -0.0183. The number of nitrogens with zero attached hydrogens (tertiary/aromatic N) is 1. The van der Waals surface area contributed by atoms with E-state index in [1.807, 2.05) is 6.07 Å². The maximum atomic E-state index is 12.7. The Balaban J connectivity index is 1.60. The molecule has 3 rings (SSSR count). The SMILES string of the molecule is CC(=O)c1cccc(NC(=O)C2CCCN(Cc3ccc(C)cc3)C2)c1. The molecular formula is C22H26N2O2. The Kier molecular flexibility index (Phi) is 5.84. The zero-order chi connectivity index (χ0) is 18.5. The van der Waals surface area contributed by atoms with Gasteiger partial charge in [0.2, 0.25) is 5.91 Å². The van der Waals surface area contributed by atoms with Gasteiger partial charge in [0.1, 0.15) is 0 Å². The van der Waals surface area contributed by atoms with Crippen molar-refractivity contribution in [3.05, 3.63) is 65.2 Å². The van der Waals surface area contributed by atoms with Crippen LogP contribution in [0.4, 0.5) is 5.69 Å². The number of carbonyl (C=O) groups excluding carboxylic acids is 2. The molecule has 4 nitrogen and oxygen atoms in total. The van der Waals surface area contributed by atoms with Crippen molar-refractivity contribution in [3.8, 4) is 0 Å². The number of aryl methyl sites for hydroxylation is 1. The first-order valence-electron chi connectivity index (χ1n) is 9.21. The highest BCUT2D eigenvalue weighted by molar-refractivity contribution is 5.97. The molecule has 0 aliphatic carbocycles. The maximum Gasteiger partial charge on any atom is 0.228 e. The third-order valence-corrected chi connectivity index (χ3v) is 4.94. The average Bonchev–Trinajstić information content (AvgIpc) is 2.64. The van der Waals surface area contributed by atoms with Gasteiger partial charge in [0, 0.05) is 24.3 Å². The number of ketones is 1. The molecule has 1 heterocycles. The number of carbonyl (C=O) groups is 2. The average molecular weight is 350 g/mol. The van der Waals surface area contributed by atoms with E-state index >= 15 is 0 Å². The van der Waals surface area contributed by atoms with Gasteiger partial charge in [-0.1, -0.05) is 42.0 Å². The van der Waals surface area contributed by atoms with E-state index in [9.17, 15) is 9.59 Å². The van der Waals surface area contributed by atoms with Crippen LogP contribution in [0.2, 0.25) is 0 Å². The molecule has 0 aromatic heterocycles. The number of likely N-dealkylation sites (tertiary alicyclic amines) is 1. The van der Waals surface area contributed by atoms with Crippen LogP contribution >= 0.6 is 0 Å². The molecule has 0 saturated carbocycles. The predicted molar refractivity (Wildman–Crippen MR) is 104 cm³/mol. The number of rotatable bonds is 5. The third kappa shape index (κ3) is 4.79. The number of anilines is 1. The van der Waals surface area contributed by atoms with E-state index in [1.165, 1.54) is 18.1 Å². The highest BCUT2D eigenvalue weighted by Crippen LogP contribution is 2.21. The van der Waals surface area contributed by atoms with Crippen molar-refractivity contribution in [2.45, 2.75) is 33.2 Å². The number of amides is 1. The van der Waals surface area contributed by atoms with Crippen molar-refractivity contribution in [2.75, 3.05) is 18.4 Å². The van der Waals surface area contributed by atoms with Gasteiger partial charge in [-0.3, -0.25) is 14.5 Å². The summed E-state index contributed by atoms with van der Waals surface area (Å²) >= 11 is 0. The first-order valence-corrected chi connectivity index (χ1v) is 9.21. The molecule has 4 heteroatoms. The van der Waals surface area contributed by atoms with E-state index in [2.05, 4.69) is 41.4 Å². The number of nitrogens with one attached hydrogen (secondary N) is 1. The predicted octanol–water partition coefficient (Wildman–Crippen LogP) is 4.05. The summed E-state index contributed by atoms with van der Waals surface area (Å²) in [6, 6.07) is 15.7. The van der Waals surface area contributed by atoms with E-state index in [1.54, 1.807) is 18.2 Å². The summed E-state index contributed by atoms with van der Waals surface area (Å²) in [5.74, 6) is 0.0255. The van der Waals surface area contributed by atoms with Gasteiger partial charge in [-0.25, -0.2) is 0 Å². The van der Waals surface area contributed by atoms with Crippen LogP contribution in [0.15, 0.2) is 48.5 Å². The van der Waals surface area contributed by atoms with Crippen molar-refractivity contribution in [1.29, 1.82) is 0 Å². The lowest BCUT2D eigenvalue weighted by Crippen LogP contribution is -2.40. The number of Topliss-reactive ketones (excluding diaryl/α,β-unsaturated/α-hetero) is 1. The Labute approximate surface area is 155 Å². The van der Waals surface area contributed by atoms with Crippen molar-refractivity contribution in [2.24, 2.45) is 5.92 Å². The van der Waals surface area contributed by atoms with Crippen molar-refractivity contribution < 1.29 is 9.59 Å². The van der Waals surface area contributed by atoms with Gasteiger partial charge in [0.25, 0.3) is 0 Å². The third-order valence-electron chi connectivity index (χ3n) is 4.94. The van der Waals surface area contributed by atoms with Gasteiger partial charge in [-0.05, 0) is 50.9 Å². The zero-order valence-corrected chi connectivity index (χ0v) is 15.5. The van der Waals surface area contributed by atoms with Crippen LogP contribution in [0.1, 0.15) is 41.3 Å². The van der Waals surface area contributed by atoms with E-state index in [-0.39, 0.29) is 17.6 Å². The van der Waals surface area contributed by atoms with Gasteiger partial charge >= 0.3 is 0 Å². The summed E-state index contributed by atoms with van der Waals surface area (Å²) in [6.07, 6.45) is 1.93. The van der Waals surface area contributed by atoms with Crippen LogP contribution in [-0.2, 0) is 11.3 Å². The molecule has 1 aliphatic rings. The van der Waals surface area contributed by atoms with Gasteiger partial charge in [0.15, 0.2) is 5.78 Å². The molecule has 136 valence electrons. The Morgan fingerprint density at radius 3 is 2.65 bits per heavy atom. The normalized spacial score (nSPS) is 17.7. The number of benzene rings is 2. The topological polar surface area (TPSA) is 49.4 Å². The Hall–Kier alpha value is -2.46. The van der Waals surface area contributed by atoms with Gasteiger partial charge in [0.05, 0.1) is 5.92 Å². The maximum absolute atomic E-state index is 12.7. The monoisotopic (exact) mass is 350 g/mol. The summed E-state index contributed by atoms with van der Waals surface area (Å²) in [6.45, 7) is 6.30. The standard InChI is InChI=1S/C22H26N2O2/c1-16-8-10-18(11-9-16)14-24-12-4-6-20(15-24)22(26)23-21-7-3-5-19(13-21)17(2)25/h3,5,7-11,13,20H,4,6,12,14-15H2,1-2H3,(H,23,26). The number of piperidine rings is 1. The zero-order valence-electron chi connectivity index (χ0n) is 15.5. The lowest BCUT2D eigenvalue weighted by atomic mass is 9.96. The van der Waals surface area contributed by atoms with Crippen LogP contribution < -0.4 is 5.32 Å². The van der Waals surface area contributed by atoms with E-state index in [4.69, 9.17) is 0 Å². The molecule has 2 aromatic rings. The quantitative estimate of drug-likeness (QED) is 0.828. The fourth-order valence-corrected chi connectivity index (χ4v) is 3.43. The lowest BCUT2D eigenvalue weighted by molar-refractivity contribution is -0.121. The van der Waals surface area contributed by atoms with Crippen molar-refractivity contribution >= 4 is 17.4 Å². The summed E-state index contributed by atoms with van der Waals surface area (Å²) in [5.41, 5.74) is 3.86. The van der Waals surface area contributed by atoms with Crippen LogP contribution in [0.25, 0.3) is 0 Å². The second kappa shape index (κ2) is 8.28. The number of hydrogen-bond donors (Lipinski definition) is 1. The molecule has 1 amide bonds. The van der Waals surface area contributed by atoms with Crippen LogP contribution in [-0.4, -0.2) is 29.7 Å². The highest BCUT2D eigenvalue weighted by Gasteiger charge is 2.26. The molecule has 0 radical (unpaired) electrons. The molecule has 1 unspecified atom stereocenters. The van der Waals surface area contributed by atoms with Gasteiger partial charge < -0.3 is 5.32 Å². The summed E-state index contributed by atoms with van der Waals surface area (Å²) in [7, 11) is 0. The lowest BCUT2D eigenvalue weighted by Gasteiger charge is -2.32. The minimum absolute atomic E-state index is 0.00281. The Bertz CT molecular complexity index is 783. The second-order valence-electron chi connectivity index (χ2n) is 7.19.